The third-order valence-electron chi connectivity index (χ3n) is 4.37. The Morgan fingerprint density at radius 3 is 2.95 bits per heavy atom. The van der Waals surface area contributed by atoms with Gasteiger partial charge in [-0.15, -0.1) is 0 Å². The largest absolute Gasteiger partial charge is 0.326 e. The highest BCUT2D eigenvalue weighted by molar-refractivity contribution is 5.42. The predicted octanol–water partition coefficient (Wildman–Crippen LogP) is 2.38. The van der Waals surface area contributed by atoms with Crippen molar-refractivity contribution < 1.29 is 0 Å². The van der Waals surface area contributed by atoms with Gasteiger partial charge < -0.3 is 15.0 Å². The van der Waals surface area contributed by atoms with Crippen molar-refractivity contribution in [2.75, 3.05) is 13.1 Å². The zero-order valence-electron chi connectivity index (χ0n) is 12.4. The number of nitrogens with zero attached hydrogens (tertiary/aromatic N) is 3. The number of piperidine rings is 1. The summed E-state index contributed by atoms with van der Waals surface area (Å²) in [5.74, 6) is 0.562. The molecule has 1 saturated heterocycles. The molecule has 0 aliphatic carbocycles. The normalized spacial score (nSPS) is 20.9. The maximum atomic E-state index is 5.70. The van der Waals surface area contributed by atoms with Crippen molar-refractivity contribution in [3.8, 4) is 0 Å². The lowest BCUT2D eigenvalue weighted by molar-refractivity contribution is 0.166. The fraction of sp³-hybridized carbons (Fsp3) is 0.562. The van der Waals surface area contributed by atoms with Crippen LogP contribution in [0.1, 0.15) is 43.9 Å². The van der Waals surface area contributed by atoms with Crippen LogP contribution in [0.3, 0.4) is 0 Å². The summed E-state index contributed by atoms with van der Waals surface area (Å²) in [5, 5.41) is 0. The highest BCUT2D eigenvalue weighted by Gasteiger charge is 2.24. The van der Waals surface area contributed by atoms with Gasteiger partial charge in [0.25, 0.3) is 0 Å². The number of aromatic nitrogens is 2. The van der Waals surface area contributed by atoms with Crippen LogP contribution < -0.4 is 5.73 Å². The fourth-order valence-electron chi connectivity index (χ4n) is 3.09. The van der Waals surface area contributed by atoms with Crippen LogP contribution in [0.4, 0.5) is 0 Å². The zero-order valence-corrected chi connectivity index (χ0v) is 12.4. The average molecular weight is 272 g/mol. The summed E-state index contributed by atoms with van der Waals surface area (Å²) < 4.78 is 2.12. The number of fused-ring (bicyclic) bond motifs is 1. The molecule has 0 bridgehead atoms. The van der Waals surface area contributed by atoms with E-state index in [9.17, 15) is 0 Å². The second-order valence-electron chi connectivity index (χ2n) is 6.10. The monoisotopic (exact) mass is 272 g/mol. The second kappa shape index (κ2) is 5.54. The molecule has 3 heterocycles. The number of imidazole rings is 1. The summed E-state index contributed by atoms with van der Waals surface area (Å²) in [7, 11) is 0. The molecule has 1 atom stereocenters. The summed E-state index contributed by atoms with van der Waals surface area (Å²) in [6.45, 7) is 7.48. The van der Waals surface area contributed by atoms with E-state index in [1.165, 1.54) is 25.1 Å². The van der Waals surface area contributed by atoms with Crippen molar-refractivity contribution >= 4 is 5.65 Å². The maximum Gasteiger partial charge on any atom is 0.137 e. The molecular weight excluding hydrogens is 248 g/mol. The second-order valence-corrected chi connectivity index (χ2v) is 6.10. The van der Waals surface area contributed by atoms with Gasteiger partial charge in [-0.1, -0.05) is 6.07 Å². The van der Waals surface area contributed by atoms with Gasteiger partial charge in [0.2, 0.25) is 0 Å². The van der Waals surface area contributed by atoms with Crippen LogP contribution in [-0.4, -0.2) is 33.4 Å². The number of nitrogens with two attached hydrogens (primary N) is 1. The number of pyridine rings is 1. The van der Waals surface area contributed by atoms with E-state index in [2.05, 4.69) is 47.7 Å². The molecule has 0 radical (unpaired) electrons. The van der Waals surface area contributed by atoms with Gasteiger partial charge in [-0.3, -0.25) is 0 Å². The third kappa shape index (κ3) is 2.58. The van der Waals surface area contributed by atoms with Crippen LogP contribution in [0, 0.1) is 0 Å². The van der Waals surface area contributed by atoms with Crippen molar-refractivity contribution in [3.63, 3.8) is 0 Å². The van der Waals surface area contributed by atoms with Crippen molar-refractivity contribution in [1.82, 2.24) is 14.3 Å². The first-order chi connectivity index (χ1) is 9.67. The molecule has 1 unspecified atom stereocenters. The van der Waals surface area contributed by atoms with Crippen molar-refractivity contribution in [3.05, 3.63) is 35.8 Å². The molecule has 4 heteroatoms. The minimum absolute atomic E-state index is 0.562. The Hall–Kier alpha value is -1.39. The molecule has 1 fully saturated rings. The Morgan fingerprint density at radius 2 is 2.20 bits per heavy atom. The van der Waals surface area contributed by atoms with Crippen molar-refractivity contribution in [2.24, 2.45) is 5.73 Å². The molecule has 4 nitrogen and oxygen atoms in total. The highest BCUT2D eigenvalue weighted by Crippen LogP contribution is 2.27. The summed E-state index contributed by atoms with van der Waals surface area (Å²) in [4.78, 5) is 7.36. The molecule has 108 valence electrons. The molecule has 0 amide bonds. The van der Waals surface area contributed by atoms with Crippen molar-refractivity contribution in [2.45, 2.75) is 45.2 Å². The molecule has 1 aliphatic rings. The number of rotatable bonds is 3. The molecule has 0 saturated carbocycles. The first kappa shape index (κ1) is 13.6. The maximum absolute atomic E-state index is 5.70. The van der Waals surface area contributed by atoms with E-state index in [0.717, 1.165) is 17.8 Å². The van der Waals surface area contributed by atoms with Gasteiger partial charge >= 0.3 is 0 Å². The number of likely N-dealkylation sites (tertiary alicyclic amines) is 1. The van der Waals surface area contributed by atoms with E-state index >= 15 is 0 Å². The number of hydrogen-bond donors (Lipinski definition) is 1. The van der Waals surface area contributed by atoms with E-state index in [-0.39, 0.29) is 0 Å². The van der Waals surface area contributed by atoms with E-state index in [0.29, 0.717) is 18.5 Å². The molecule has 2 aromatic rings. The lowest BCUT2D eigenvalue weighted by Crippen LogP contribution is -2.39. The fourth-order valence-corrected chi connectivity index (χ4v) is 3.09. The lowest BCUT2D eigenvalue weighted by Gasteiger charge is -2.34. The highest BCUT2D eigenvalue weighted by atomic mass is 15.2. The SMILES string of the molecule is CC(C)N1CCCC(c2cn3cc(CN)ccc3n2)C1. The standard InChI is InChI=1S/C16H24N4/c1-12(2)19-7-3-4-14(10-19)15-11-20-9-13(8-17)5-6-16(20)18-15/h5-6,9,11-12,14H,3-4,7-8,10,17H2,1-2H3. The Bertz CT molecular complexity index is 587. The van der Waals surface area contributed by atoms with Crippen LogP contribution in [0.15, 0.2) is 24.5 Å². The summed E-state index contributed by atoms with van der Waals surface area (Å²) in [5.41, 5.74) is 9.10. The van der Waals surface area contributed by atoms with Crippen LogP contribution in [-0.2, 0) is 6.54 Å². The smallest absolute Gasteiger partial charge is 0.137 e. The molecule has 2 aromatic heterocycles. The Kier molecular flexibility index (Phi) is 3.76. The van der Waals surface area contributed by atoms with E-state index in [1.807, 2.05) is 0 Å². The van der Waals surface area contributed by atoms with Gasteiger partial charge in [-0.05, 0) is 44.9 Å². The Balaban J connectivity index is 1.86. The quantitative estimate of drug-likeness (QED) is 0.933. The van der Waals surface area contributed by atoms with E-state index < -0.39 is 0 Å². The predicted molar refractivity (Wildman–Crippen MR) is 81.8 cm³/mol. The third-order valence-corrected chi connectivity index (χ3v) is 4.37. The topological polar surface area (TPSA) is 46.6 Å². The first-order valence-electron chi connectivity index (χ1n) is 7.59. The zero-order chi connectivity index (χ0) is 14.1. The van der Waals surface area contributed by atoms with Crippen LogP contribution in [0.5, 0.6) is 0 Å². The Morgan fingerprint density at radius 1 is 1.35 bits per heavy atom. The first-order valence-corrected chi connectivity index (χ1v) is 7.59. The minimum atomic E-state index is 0.562. The molecule has 20 heavy (non-hydrogen) atoms. The van der Waals surface area contributed by atoms with Crippen LogP contribution >= 0.6 is 0 Å². The molecular formula is C16H24N4. The van der Waals surface area contributed by atoms with Crippen LogP contribution in [0.25, 0.3) is 5.65 Å². The van der Waals surface area contributed by atoms with Gasteiger partial charge in [0.1, 0.15) is 5.65 Å². The molecule has 0 spiro atoms. The van der Waals surface area contributed by atoms with Gasteiger partial charge in [0.15, 0.2) is 0 Å². The van der Waals surface area contributed by atoms with Crippen molar-refractivity contribution in [1.29, 1.82) is 0 Å². The Labute approximate surface area is 120 Å². The van der Waals surface area contributed by atoms with Gasteiger partial charge in [-0.25, -0.2) is 4.98 Å². The molecule has 0 aromatic carbocycles. The summed E-state index contributed by atoms with van der Waals surface area (Å²) in [6.07, 6.45) is 6.79. The van der Waals surface area contributed by atoms with Gasteiger partial charge in [-0.2, -0.15) is 0 Å². The lowest BCUT2D eigenvalue weighted by atomic mass is 9.94. The molecule has 1 aliphatic heterocycles. The molecule has 2 N–H and O–H groups in total. The molecule has 3 rings (SSSR count). The minimum Gasteiger partial charge on any atom is -0.326 e. The summed E-state index contributed by atoms with van der Waals surface area (Å²) >= 11 is 0. The van der Waals surface area contributed by atoms with E-state index in [1.54, 1.807) is 0 Å². The number of hydrogen-bond acceptors (Lipinski definition) is 3. The van der Waals surface area contributed by atoms with Gasteiger partial charge in [0.05, 0.1) is 5.69 Å². The van der Waals surface area contributed by atoms with Gasteiger partial charge in [0, 0.05) is 37.4 Å². The van der Waals surface area contributed by atoms with Crippen LogP contribution in [0.2, 0.25) is 0 Å². The average Bonchev–Trinajstić information content (AvgIpc) is 2.90. The van der Waals surface area contributed by atoms with E-state index in [4.69, 9.17) is 10.7 Å². The summed E-state index contributed by atoms with van der Waals surface area (Å²) in [6, 6.07) is 4.75.